The second-order valence-corrected chi connectivity index (χ2v) is 6.45. The summed E-state index contributed by atoms with van der Waals surface area (Å²) in [7, 11) is 1.74. The number of benzene rings is 1. The van der Waals surface area contributed by atoms with Crippen LogP contribution in [-0.2, 0) is 7.05 Å². The molecule has 130 valence electrons. The Labute approximate surface area is 149 Å². The summed E-state index contributed by atoms with van der Waals surface area (Å²) in [6, 6.07) is 12.9. The molecule has 3 aromatic heterocycles. The van der Waals surface area contributed by atoms with E-state index in [0.29, 0.717) is 28.1 Å². The molecule has 0 fully saturated rings. The molecule has 4 aromatic rings. The molecule has 6 nitrogen and oxygen atoms in total. The second kappa shape index (κ2) is 5.84. The number of rotatable bonds is 2. The maximum Gasteiger partial charge on any atom is 0.272 e. The maximum absolute atomic E-state index is 12.8. The van der Waals surface area contributed by atoms with Gasteiger partial charge in [0.15, 0.2) is 0 Å². The summed E-state index contributed by atoms with van der Waals surface area (Å²) in [6.45, 7) is 3.87. The molecule has 1 amide bonds. The van der Waals surface area contributed by atoms with E-state index in [-0.39, 0.29) is 11.5 Å². The molecule has 0 saturated heterocycles. The first-order valence-electron chi connectivity index (χ1n) is 8.31. The highest BCUT2D eigenvalue weighted by molar-refractivity contribution is 6.06. The van der Waals surface area contributed by atoms with Crippen LogP contribution in [0.3, 0.4) is 0 Å². The van der Waals surface area contributed by atoms with Crippen LogP contribution < -0.4 is 10.9 Å². The monoisotopic (exact) mass is 346 g/mol. The molecule has 0 atom stereocenters. The topological polar surface area (TPSA) is 68.4 Å². The predicted molar refractivity (Wildman–Crippen MR) is 102 cm³/mol. The number of nitrogens with zero attached hydrogens (tertiary/aromatic N) is 3. The van der Waals surface area contributed by atoms with Crippen LogP contribution in [-0.4, -0.2) is 19.9 Å². The van der Waals surface area contributed by atoms with Crippen molar-refractivity contribution >= 4 is 28.3 Å². The van der Waals surface area contributed by atoms with Gasteiger partial charge in [-0.15, -0.1) is 0 Å². The fourth-order valence-electron chi connectivity index (χ4n) is 3.17. The Morgan fingerprint density at radius 3 is 2.65 bits per heavy atom. The van der Waals surface area contributed by atoms with Gasteiger partial charge in [-0.05, 0) is 49.2 Å². The van der Waals surface area contributed by atoms with Crippen molar-refractivity contribution in [1.82, 2.24) is 14.0 Å². The fourth-order valence-corrected chi connectivity index (χ4v) is 3.17. The normalized spacial score (nSPS) is 11.2. The second-order valence-electron chi connectivity index (χ2n) is 6.45. The third-order valence-corrected chi connectivity index (χ3v) is 4.53. The van der Waals surface area contributed by atoms with Gasteiger partial charge in [-0.3, -0.25) is 14.0 Å². The van der Waals surface area contributed by atoms with Crippen molar-refractivity contribution in [2.75, 3.05) is 5.32 Å². The van der Waals surface area contributed by atoms with Crippen molar-refractivity contribution in [3.63, 3.8) is 0 Å². The predicted octanol–water partition coefficient (Wildman–Crippen LogP) is 3.06. The van der Waals surface area contributed by atoms with Crippen LogP contribution in [0.5, 0.6) is 0 Å². The Balaban J connectivity index is 1.86. The fraction of sp³-hybridized carbons (Fsp3) is 0.150. The van der Waals surface area contributed by atoms with Gasteiger partial charge in [0.2, 0.25) is 0 Å². The summed E-state index contributed by atoms with van der Waals surface area (Å²) >= 11 is 0. The highest BCUT2D eigenvalue weighted by Crippen LogP contribution is 2.18. The van der Waals surface area contributed by atoms with Crippen molar-refractivity contribution in [3.05, 3.63) is 75.8 Å². The number of anilines is 1. The average Bonchev–Trinajstić information content (AvgIpc) is 2.94. The van der Waals surface area contributed by atoms with Crippen LogP contribution in [0.15, 0.2) is 53.5 Å². The largest absolute Gasteiger partial charge is 0.324 e. The molecule has 0 spiro atoms. The lowest BCUT2D eigenvalue weighted by Crippen LogP contribution is -2.16. The Bertz CT molecular complexity index is 1230. The molecular weight excluding hydrogens is 328 g/mol. The van der Waals surface area contributed by atoms with E-state index < -0.39 is 0 Å². The van der Waals surface area contributed by atoms with E-state index in [2.05, 4.69) is 10.3 Å². The van der Waals surface area contributed by atoms with Gasteiger partial charge in [-0.2, -0.15) is 0 Å². The summed E-state index contributed by atoms with van der Waals surface area (Å²) in [6.07, 6.45) is 1.69. The third-order valence-electron chi connectivity index (χ3n) is 4.53. The molecule has 0 unspecified atom stereocenters. The van der Waals surface area contributed by atoms with Gasteiger partial charge in [0.05, 0.1) is 5.39 Å². The van der Waals surface area contributed by atoms with Gasteiger partial charge in [0, 0.05) is 18.9 Å². The Morgan fingerprint density at radius 2 is 1.88 bits per heavy atom. The lowest BCUT2D eigenvalue weighted by Gasteiger charge is -2.07. The number of aryl methyl sites for hydroxylation is 3. The van der Waals surface area contributed by atoms with E-state index in [1.807, 2.05) is 50.2 Å². The minimum atomic E-state index is -0.277. The lowest BCUT2D eigenvalue weighted by atomic mass is 10.2. The van der Waals surface area contributed by atoms with Gasteiger partial charge >= 0.3 is 0 Å². The maximum atomic E-state index is 12.8. The van der Waals surface area contributed by atoms with Crippen LogP contribution in [0.25, 0.3) is 16.7 Å². The van der Waals surface area contributed by atoms with Crippen molar-refractivity contribution in [2.45, 2.75) is 13.8 Å². The van der Waals surface area contributed by atoms with E-state index in [1.165, 1.54) is 4.40 Å². The van der Waals surface area contributed by atoms with Crippen LogP contribution in [0.2, 0.25) is 0 Å². The zero-order chi connectivity index (χ0) is 18.4. The third kappa shape index (κ3) is 2.47. The SMILES string of the molecule is Cc1cccc(NC(=O)c2cc3c(=O)n4cccc(C)c4nc3n2C)c1. The molecular formula is C20H18N4O2. The van der Waals surface area contributed by atoms with Gasteiger partial charge in [0.1, 0.15) is 17.0 Å². The molecule has 0 radical (unpaired) electrons. The van der Waals surface area contributed by atoms with E-state index in [4.69, 9.17) is 0 Å². The van der Waals surface area contributed by atoms with Crippen LogP contribution in [0, 0.1) is 13.8 Å². The van der Waals surface area contributed by atoms with Crippen LogP contribution in [0.1, 0.15) is 21.6 Å². The van der Waals surface area contributed by atoms with Crippen molar-refractivity contribution in [2.24, 2.45) is 7.05 Å². The Kier molecular flexibility index (Phi) is 3.61. The summed E-state index contributed by atoms with van der Waals surface area (Å²) in [5, 5.41) is 3.30. The molecule has 1 aromatic carbocycles. The molecule has 1 N–H and O–H groups in total. The van der Waals surface area contributed by atoms with E-state index in [9.17, 15) is 9.59 Å². The smallest absolute Gasteiger partial charge is 0.272 e. The number of pyridine rings is 1. The van der Waals surface area contributed by atoms with Crippen LogP contribution in [0.4, 0.5) is 5.69 Å². The van der Waals surface area contributed by atoms with Gasteiger partial charge in [0.25, 0.3) is 11.5 Å². The number of amides is 1. The lowest BCUT2D eigenvalue weighted by molar-refractivity contribution is 0.101. The highest BCUT2D eigenvalue weighted by Gasteiger charge is 2.18. The molecule has 0 aliphatic carbocycles. The summed E-state index contributed by atoms with van der Waals surface area (Å²) < 4.78 is 3.17. The molecule has 0 aliphatic rings. The first-order valence-corrected chi connectivity index (χ1v) is 8.31. The van der Waals surface area contributed by atoms with Crippen molar-refractivity contribution in [3.8, 4) is 0 Å². The molecule has 0 saturated carbocycles. The van der Waals surface area contributed by atoms with E-state index in [1.54, 1.807) is 23.9 Å². The molecule has 6 heteroatoms. The Hall–Kier alpha value is -3.41. The van der Waals surface area contributed by atoms with E-state index >= 15 is 0 Å². The van der Waals surface area contributed by atoms with Gasteiger partial charge in [-0.1, -0.05) is 18.2 Å². The highest BCUT2D eigenvalue weighted by atomic mass is 16.2. The molecule has 4 rings (SSSR count). The van der Waals surface area contributed by atoms with Crippen molar-refractivity contribution < 1.29 is 4.79 Å². The number of hydrogen-bond acceptors (Lipinski definition) is 3. The zero-order valence-electron chi connectivity index (χ0n) is 14.8. The van der Waals surface area contributed by atoms with Crippen LogP contribution >= 0.6 is 0 Å². The molecule has 0 aliphatic heterocycles. The standard InChI is InChI=1S/C20H18N4O2/c1-12-6-4-8-14(10-12)21-19(25)16-11-15-18(23(16)3)22-17-13(2)7-5-9-24(17)20(15)26/h4-11H,1-3H3,(H,21,25). The average molecular weight is 346 g/mol. The first kappa shape index (κ1) is 16.1. The number of fused-ring (bicyclic) bond motifs is 2. The number of carbonyl (C=O) groups excluding carboxylic acids is 1. The zero-order valence-corrected chi connectivity index (χ0v) is 14.8. The molecule has 3 heterocycles. The number of carbonyl (C=O) groups is 1. The summed E-state index contributed by atoms with van der Waals surface area (Å²) in [5.74, 6) is -0.277. The molecule has 26 heavy (non-hydrogen) atoms. The molecule has 0 bridgehead atoms. The minimum Gasteiger partial charge on any atom is -0.324 e. The van der Waals surface area contributed by atoms with E-state index in [0.717, 1.165) is 11.1 Å². The first-order chi connectivity index (χ1) is 12.5. The number of nitrogens with one attached hydrogen (secondary N) is 1. The minimum absolute atomic E-state index is 0.182. The number of hydrogen-bond donors (Lipinski definition) is 1. The summed E-state index contributed by atoms with van der Waals surface area (Å²) in [5.41, 5.74) is 3.97. The van der Waals surface area contributed by atoms with Crippen molar-refractivity contribution in [1.29, 1.82) is 0 Å². The number of aromatic nitrogens is 3. The van der Waals surface area contributed by atoms with Gasteiger partial charge < -0.3 is 9.88 Å². The quantitative estimate of drug-likeness (QED) is 0.606. The van der Waals surface area contributed by atoms with Gasteiger partial charge in [-0.25, -0.2) is 4.98 Å². The summed E-state index contributed by atoms with van der Waals surface area (Å²) in [4.78, 5) is 30.1. The Morgan fingerprint density at radius 1 is 1.08 bits per heavy atom.